The monoisotopic (exact) mass is 414 g/mol. The van der Waals surface area contributed by atoms with Crippen molar-refractivity contribution in [1.82, 2.24) is 0 Å². The van der Waals surface area contributed by atoms with Gasteiger partial charge in [0.1, 0.15) is 0 Å². The van der Waals surface area contributed by atoms with Crippen LogP contribution in [0.25, 0.3) is 0 Å². The van der Waals surface area contributed by atoms with Crippen molar-refractivity contribution in [3.63, 3.8) is 0 Å². The Morgan fingerprint density at radius 1 is 0.724 bits per heavy atom. The molecule has 0 aliphatic heterocycles. The molecular formula is C22H40NO6+. The Hall–Kier alpha value is -1.89. The van der Waals surface area contributed by atoms with Crippen LogP contribution in [-0.4, -0.2) is 62.4 Å². The van der Waals surface area contributed by atoms with Crippen molar-refractivity contribution < 1.29 is 34.2 Å². The molecule has 0 saturated carbocycles. The zero-order valence-corrected chi connectivity index (χ0v) is 18.5. The van der Waals surface area contributed by atoms with Crippen LogP contribution in [0.5, 0.6) is 0 Å². The maximum absolute atomic E-state index is 12.1. The van der Waals surface area contributed by atoms with E-state index in [1.54, 1.807) is 20.8 Å². The lowest BCUT2D eigenvalue weighted by atomic mass is 9.94. The van der Waals surface area contributed by atoms with Gasteiger partial charge in [0.2, 0.25) is 0 Å². The lowest BCUT2D eigenvalue weighted by Gasteiger charge is -2.49. The smallest absolute Gasteiger partial charge is 0.362 e. The van der Waals surface area contributed by atoms with Gasteiger partial charge < -0.3 is 15.3 Å². The molecule has 0 radical (unpaired) electrons. The second-order valence-electron chi connectivity index (χ2n) is 7.63. The van der Waals surface area contributed by atoms with Gasteiger partial charge >= 0.3 is 17.9 Å². The average Bonchev–Trinajstić information content (AvgIpc) is 2.64. The molecule has 168 valence electrons. The van der Waals surface area contributed by atoms with E-state index in [0.29, 0.717) is 6.42 Å². The van der Waals surface area contributed by atoms with Crippen LogP contribution in [0.3, 0.4) is 0 Å². The second kappa shape index (κ2) is 14.1. The number of hydrogen-bond acceptors (Lipinski definition) is 3. The molecule has 0 rings (SSSR count). The minimum absolute atomic E-state index is 0.187. The zero-order chi connectivity index (χ0) is 22.4. The fourth-order valence-electron chi connectivity index (χ4n) is 4.62. The molecule has 7 nitrogen and oxygen atoms in total. The van der Waals surface area contributed by atoms with Gasteiger partial charge in [0.05, 0.1) is 6.54 Å². The van der Waals surface area contributed by atoms with Gasteiger partial charge in [-0.25, -0.2) is 14.4 Å². The lowest BCUT2D eigenvalue weighted by molar-refractivity contribution is -0.973. The SMILES string of the molecule is C/C=C/CCCCCCC[N+](C(CC)C(=O)O)(C(CC)C(=O)O)C(CC)C(=O)O. The van der Waals surface area contributed by atoms with Crippen LogP contribution in [0.1, 0.15) is 85.5 Å². The molecule has 7 heteroatoms. The summed E-state index contributed by atoms with van der Waals surface area (Å²) in [6, 6.07) is -3.19. The number of allylic oxidation sites excluding steroid dienone is 2. The van der Waals surface area contributed by atoms with Crippen LogP contribution in [-0.2, 0) is 14.4 Å². The number of carboxylic acids is 3. The Bertz CT molecular complexity index is 490. The van der Waals surface area contributed by atoms with Crippen LogP contribution in [0.2, 0.25) is 0 Å². The highest BCUT2D eigenvalue weighted by Crippen LogP contribution is 2.32. The first-order chi connectivity index (χ1) is 13.7. The van der Waals surface area contributed by atoms with E-state index in [1.807, 2.05) is 13.0 Å². The van der Waals surface area contributed by atoms with Gasteiger partial charge in [-0.3, -0.25) is 4.48 Å². The molecule has 0 aromatic carbocycles. The van der Waals surface area contributed by atoms with Crippen molar-refractivity contribution >= 4 is 17.9 Å². The van der Waals surface area contributed by atoms with E-state index >= 15 is 0 Å². The number of rotatable bonds is 17. The molecule has 0 aliphatic rings. The molecule has 0 aromatic rings. The third-order valence-corrected chi connectivity index (χ3v) is 5.91. The van der Waals surface area contributed by atoms with Crippen molar-refractivity contribution in [2.75, 3.05) is 6.54 Å². The summed E-state index contributed by atoms with van der Waals surface area (Å²) in [6.45, 7) is 7.31. The first-order valence-electron chi connectivity index (χ1n) is 10.9. The van der Waals surface area contributed by atoms with Crippen molar-refractivity contribution in [2.24, 2.45) is 0 Å². The molecule has 0 bridgehead atoms. The maximum Gasteiger partial charge on any atom is 0.362 e. The molecule has 3 unspecified atom stereocenters. The zero-order valence-electron chi connectivity index (χ0n) is 18.5. The van der Waals surface area contributed by atoms with E-state index in [1.165, 1.54) is 0 Å². The average molecular weight is 415 g/mol. The van der Waals surface area contributed by atoms with Crippen molar-refractivity contribution in [3.05, 3.63) is 12.2 Å². The number of carboxylic acid groups (broad SMARTS) is 3. The number of unbranched alkanes of at least 4 members (excludes halogenated alkanes) is 5. The fourth-order valence-corrected chi connectivity index (χ4v) is 4.62. The van der Waals surface area contributed by atoms with Crippen LogP contribution >= 0.6 is 0 Å². The standard InChI is InChI=1S/C22H39NO6/c1-5-9-10-11-12-13-14-15-16-23(17(6-2)20(24)25,18(7-3)21(26)27)19(8-4)22(28)29/h5,9,17-19H,6-8,10-16H2,1-4H3,(H2-,24,25,26,27,28,29)/p+1/b9-5+. The quantitative estimate of drug-likeness (QED) is 0.186. The lowest BCUT2D eigenvalue weighted by Crippen LogP contribution is -2.72. The molecule has 29 heavy (non-hydrogen) atoms. The molecule has 0 heterocycles. The third kappa shape index (κ3) is 7.46. The van der Waals surface area contributed by atoms with Crippen molar-refractivity contribution in [1.29, 1.82) is 0 Å². The second-order valence-corrected chi connectivity index (χ2v) is 7.63. The highest BCUT2D eigenvalue weighted by atomic mass is 16.4. The summed E-state index contributed by atoms with van der Waals surface area (Å²) >= 11 is 0. The van der Waals surface area contributed by atoms with Crippen molar-refractivity contribution in [2.45, 2.75) is 104 Å². The maximum atomic E-state index is 12.1. The Kier molecular flexibility index (Phi) is 13.2. The van der Waals surface area contributed by atoms with Gasteiger partial charge in [-0.05, 0) is 32.6 Å². The molecule has 0 amide bonds. The first-order valence-corrected chi connectivity index (χ1v) is 10.9. The van der Waals surface area contributed by atoms with E-state index in [4.69, 9.17) is 0 Å². The van der Waals surface area contributed by atoms with E-state index in [9.17, 15) is 29.7 Å². The Morgan fingerprint density at radius 3 is 1.45 bits per heavy atom. The van der Waals surface area contributed by atoms with Gasteiger partial charge in [0.25, 0.3) is 0 Å². The summed E-state index contributed by atoms with van der Waals surface area (Å²) in [5, 5.41) is 29.6. The molecule has 0 aromatic heterocycles. The topological polar surface area (TPSA) is 112 Å². The van der Waals surface area contributed by atoms with Crippen LogP contribution in [0, 0.1) is 0 Å². The third-order valence-electron chi connectivity index (χ3n) is 5.91. The minimum atomic E-state index is -1.13. The Balaban J connectivity index is 5.76. The minimum Gasteiger partial charge on any atom is -0.477 e. The number of nitrogens with zero attached hydrogens (tertiary/aromatic N) is 1. The predicted octanol–water partition coefficient (Wildman–Crippen LogP) is 4.31. The summed E-state index contributed by atoms with van der Waals surface area (Å²) in [6.07, 6.45) is 10.3. The molecular weight excluding hydrogens is 374 g/mol. The van der Waals surface area contributed by atoms with Gasteiger partial charge in [0.15, 0.2) is 18.1 Å². The summed E-state index contributed by atoms with van der Waals surface area (Å²) in [5.41, 5.74) is 0. The number of quaternary nitrogens is 1. The van der Waals surface area contributed by atoms with Crippen LogP contribution in [0.15, 0.2) is 12.2 Å². The number of carbonyl (C=O) groups is 3. The van der Waals surface area contributed by atoms with Crippen molar-refractivity contribution in [3.8, 4) is 0 Å². The summed E-state index contributed by atoms with van der Waals surface area (Å²) < 4.78 is -0.415. The van der Waals surface area contributed by atoms with Crippen LogP contribution < -0.4 is 0 Å². The highest BCUT2D eigenvalue weighted by Gasteiger charge is 2.55. The van der Waals surface area contributed by atoms with E-state index in [2.05, 4.69) is 6.08 Å². The van der Waals surface area contributed by atoms with Gasteiger partial charge in [-0.15, -0.1) is 0 Å². The van der Waals surface area contributed by atoms with E-state index < -0.39 is 40.5 Å². The van der Waals surface area contributed by atoms with Crippen LogP contribution in [0.4, 0.5) is 0 Å². The molecule has 0 spiro atoms. The summed E-state index contributed by atoms with van der Waals surface area (Å²) in [4.78, 5) is 36.3. The largest absolute Gasteiger partial charge is 0.477 e. The molecule has 0 fully saturated rings. The molecule has 0 aliphatic carbocycles. The van der Waals surface area contributed by atoms with E-state index in [-0.39, 0.29) is 25.8 Å². The molecule has 3 N–H and O–H groups in total. The van der Waals surface area contributed by atoms with E-state index in [0.717, 1.165) is 32.1 Å². The number of aliphatic carboxylic acids is 3. The summed E-state index contributed by atoms with van der Waals surface area (Å²) in [7, 11) is 0. The first kappa shape index (κ1) is 27.1. The molecule has 0 saturated heterocycles. The highest BCUT2D eigenvalue weighted by molar-refractivity contribution is 5.78. The fraction of sp³-hybridized carbons (Fsp3) is 0.773. The molecule has 3 atom stereocenters. The normalized spacial score (nSPS) is 16.8. The van der Waals surface area contributed by atoms with Gasteiger partial charge in [-0.1, -0.05) is 45.8 Å². The Morgan fingerprint density at radius 2 is 1.10 bits per heavy atom. The van der Waals surface area contributed by atoms with Gasteiger partial charge in [0, 0.05) is 19.3 Å². The number of hydrogen-bond donors (Lipinski definition) is 3. The van der Waals surface area contributed by atoms with Gasteiger partial charge in [-0.2, -0.15) is 0 Å². The Labute approximate surface area is 175 Å². The summed E-state index contributed by atoms with van der Waals surface area (Å²) in [5.74, 6) is -3.38. The predicted molar refractivity (Wildman–Crippen MR) is 113 cm³/mol.